The smallest absolute Gasteiger partial charge is 0.328 e. The molecule has 0 heterocycles. The van der Waals surface area contributed by atoms with Crippen LogP contribution in [0.4, 0.5) is 0 Å². The molecule has 3 heteroatoms. The van der Waals surface area contributed by atoms with Crippen molar-refractivity contribution in [2.24, 2.45) is 5.92 Å². The van der Waals surface area contributed by atoms with E-state index < -0.39 is 9.28 Å². The van der Waals surface area contributed by atoms with Crippen LogP contribution in [-0.4, -0.2) is 22.5 Å². The lowest BCUT2D eigenvalue weighted by molar-refractivity contribution is 0.136. The van der Waals surface area contributed by atoms with Crippen molar-refractivity contribution in [3.05, 3.63) is 0 Å². The van der Waals surface area contributed by atoms with Crippen LogP contribution >= 0.6 is 0 Å². The molecular weight excluding hydrogens is 264 g/mol. The monoisotopic (exact) mass is 298 g/mol. The molecule has 20 heavy (non-hydrogen) atoms. The van der Waals surface area contributed by atoms with Gasteiger partial charge in [0.25, 0.3) is 0 Å². The van der Waals surface area contributed by atoms with Gasteiger partial charge in [-0.15, -0.1) is 0 Å². The molecule has 2 fully saturated rings. The Bertz CT molecular complexity index is 250. The van der Waals surface area contributed by atoms with E-state index in [1.54, 1.807) is 0 Å². The van der Waals surface area contributed by atoms with Gasteiger partial charge in [0.1, 0.15) is 0 Å². The molecule has 0 atom stereocenters. The highest BCUT2D eigenvalue weighted by molar-refractivity contribution is 6.49. The fourth-order valence-corrected chi connectivity index (χ4v) is 7.63. The molecule has 0 saturated heterocycles. The fourth-order valence-electron chi connectivity index (χ4n) is 4.38. The molecule has 2 rings (SSSR count). The van der Waals surface area contributed by atoms with Gasteiger partial charge in [0.05, 0.1) is 0 Å². The van der Waals surface area contributed by atoms with Crippen molar-refractivity contribution in [3.63, 3.8) is 0 Å². The largest absolute Gasteiger partial charge is 0.396 e. The summed E-state index contributed by atoms with van der Waals surface area (Å²) in [6, 6.07) is 0. The van der Waals surface area contributed by atoms with E-state index in [0.29, 0.717) is 5.04 Å². The van der Waals surface area contributed by atoms with Gasteiger partial charge in [-0.1, -0.05) is 58.8 Å². The lowest BCUT2D eigenvalue weighted by Crippen LogP contribution is -2.43. The lowest BCUT2D eigenvalue weighted by Gasteiger charge is -2.43. The Morgan fingerprint density at radius 2 is 1.40 bits per heavy atom. The third kappa shape index (κ3) is 3.86. The van der Waals surface area contributed by atoms with Crippen molar-refractivity contribution in [2.45, 2.75) is 89.5 Å². The Labute approximate surface area is 127 Å². The first-order chi connectivity index (χ1) is 9.83. The van der Waals surface area contributed by atoms with Gasteiger partial charge in [0.15, 0.2) is 0 Å². The minimum absolute atomic E-state index is 0.477. The minimum Gasteiger partial charge on any atom is -0.396 e. The maximum absolute atomic E-state index is 6.35. The van der Waals surface area contributed by atoms with Gasteiger partial charge >= 0.3 is 9.28 Å². The van der Waals surface area contributed by atoms with E-state index in [1.807, 2.05) is 0 Å². The first-order valence-electron chi connectivity index (χ1n) is 9.06. The molecule has 0 bridgehead atoms. The molecular formula is C17H34O2Si. The number of hydrogen-bond donors (Lipinski definition) is 0. The van der Waals surface area contributed by atoms with Gasteiger partial charge in [-0.05, 0) is 31.6 Å². The van der Waals surface area contributed by atoms with Crippen LogP contribution in [0.1, 0.15) is 84.5 Å². The summed E-state index contributed by atoms with van der Waals surface area (Å²) in [6.45, 7) is 6.25. The fraction of sp³-hybridized carbons (Fsp3) is 1.00. The molecule has 0 spiro atoms. The minimum atomic E-state index is -1.53. The zero-order valence-electron chi connectivity index (χ0n) is 13.7. The summed E-state index contributed by atoms with van der Waals surface area (Å²) < 4.78 is 12.7. The van der Waals surface area contributed by atoms with Crippen molar-refractivity contribution in [3.8, 4) is 0 Å². The molecule has 2 nitrogen and oxygen atoms in total. The molecule has 0 unspecified atom stereocenters. The van der Waals surface area contributed by atoms with E-state index >= 15 is 0 Å². The van der Waals surface area contributed by atoms with Crippen LogP contribution in [0, 0.1) is 5.92 Å². The quantitative estimate of drug-likeness (QED) is 0.590. The second kappa shape index (κ2) is 8.55. The van der Waals surface area contributed by atoms with Crippen LogP contribution in [-0.2, 0) is 8.85 Å². The highest BCUT2D eigenvalue weighted by Crippen LogP contribution is 2.57. The van der Waals surface area contributed by atoms with E-state index in [0.717, 1.165) is 32.0 Å². The maximum Gasteiger partial charge on any atom is 0.328 e. The van der Waals surface area contributed by atoms with Crippen LogP contribution in [0.2, 0.25) is 5.04 Å². The van der Waals surface area contributed by atoms with Gasteiger partial charge in [0.2, 0.25) is 0 Å². The van der Waals surface area contributed by atoms with Crippen molar-refractivity contribution in [1.29, 1.82) is 0 Å². The average Bonchev–Trinajstić information content (AvgIpc) is 2.99. The second-order valence-corrected chi connectivity index (χ2v) is 9.33. The summed E-state index contributed by atoms with van der Waals surface area (Å²) in [5.41, 5.74) is 0. The standard InChI is InChI=1S/C17H34O2Si/c1-3-14-18-20(19-15-4-2)17(12-8-9-13-17)16-10-6-5-7-11-16/h16,20H,3-15H2,1-2H3. The first kappa shape index (κ1) is 16.5. The lowest BCUT2D eigenvalue weighted by atomic mass is 9.78. The Balaban J connectivity index is 2.08. The number of rotatable bonds is 8. The summed E-state index contributed by atoms with van der Waals surface area (Å²) >= 11 is 0. The Hall–Kier alpha value is 0.137. The molecule has 0 aromatic heterocycles. The molecule has 2 saturated carbocycles. The van der Waals surface area contributed by atoms with Gasteiger partial charge in [-0.2, -0.15) is 0 Å². The van der Waals surface area contributed by atoms with E-state index in [4.69, 9.17) is 8.85 Å². The maximum atomic E-state index is 6.35. The van der Waals surface area contributed by atoms with Gasteiger partial charge in [0, 0.05) is 18.3 Å². The van der Waals surface area contributed by atoms with Gasteiger partial charge in [-0.25, -0.2) is 0 Å². The zero-order chi connectivity index (χ0) is 14.3. The predicted octanol–water partition coefficient (Wildman–Crippen LogP) is 4.95. The summed E-state index contributed by atoms with van der Waals surface area (Å²) in [5, 5.41) is 0.477. The Kier molecular flexibility index (Phi) is 7.06. The third-order valence-corrected chi connectivity index (χ3v) is 8.43. The van der Waals surface area contributed by atoms with Crippen molar-refractivity contribution >= 4 is 9.28 Å². The SMILES string of the molecule is CCCO[SiH](OCCC)C1(C2CCCCC2)CCCC1. The normalized spacial score (nSPS) is 23.6. The number of hydrogen-bond acceptors (Lipinski definition) is 2. The van der Waals surface area contributed by atoms with Crippen LogP contribution in [0.15, 0.2) is 0 Å². The molecule has 0 radical (unpaired) electrons. The molecule has 0 aliphatic heterocycles. The van der Waals surface area contributed by atoms with Crippen LogP contribution in [0.3, 0.4) is 0 Å². The molecule has 2 aliphatic carbocycles. The van der Waals surface area contributed by atoms with Crippen molar-refractivity contribution in [2.75, 3.05) is 13.2 Å². The summed E-state index contributed by atoms with van der Waals surface area (Å²) in [7, 11) is -1.53. The summed E-state index contributed by atoms with van der Waals surface area (Å²) in [5.74, 6) is 0.907. The molecule has 0 aromatic rings. The van der Waals surface area contributed by atoms with E-state index in [1.165, 1.54) is 57.8 Å². The summed E-state index contributed by atoms with van der Waals surface area (Å²) in [6.07, 6.45) is 15.1. The molecule has 118 valence electrons. The van der Waals surface area contributed by atoms with E-state index in [2.05, 4.69) is 13.8 Å². The molecule has 0 aromatic carbocycles. The van der Waals surface area contributed by atoms with Gasteiger partial charge in [-0.3, -0.25) is 0 Å². The highest BCUT2D eigenvalue weighted by atomic mass is 28.3. The van der Waals surface area contributed by atoms with Gasteiger partial charge < -0.3 is 8.85 Å². The predicted molar refractivity (Wildman–Crippen MR) is 87.4 cm³/mol. The summed E-state index contributed by atoms with van der Waals surface area (Å²) in [4.78, 5) is 0. The highest BCUT2D eigenvalue weighted by Gasteiger charge is 2.50. The first-order valence-corrected chi connectivity index (χ1v) is 10.6. The van der Waals surface area contributed by atoms with Crippen LogP contribution in [0.5, 0.6) is 0 Å². The average molecular weight is 299 g/mol. The van der Waals surface area contributed by atoms with E-state index in [-0.39, 0.29) is 0 Å². The van der Waals surface area contributed by atoms with Crippen LogP contribution < -0.4 is 0 Å². The topological polar surface area (TPSA) is 18.5 Å². The Morgan fingerprint density at radius 1 is 0.850 bits per heavy atom. The Morgan fingerprint density at radius 3 is 1.90 bits per heavy atom. The van der Waals surface area contributed by atoms with Crippen molar-refractivity contribution in [1.82, 2.24) is 0 Å². The molecule has 0 amide bonds. The molecule has 0 N–H and O–H groups in total. The third-order valence-electron chi connectivity index (χ3n) is 5.37. The molecule has 2 aliphatic rings. The van der Waals surface area contributed by atoms with Crippen LogP contribution in [0.25, 0.3) is 0 Å². The van der Waals surface area contributed by atoms with E-state index in [9.17, 15) is 0 Å². The van der Waals surface area contributed by atoms with Crippen molar-refractivity contribution < 1.29 is 8.85 Å². The zero-order valence-corrected chi connectivity index (χ0v) is 14.8. The second-order valence-electron chi connectivity index (χ2n) is 6.85.